The third-order valence-corrected chi connectivity index (χ3v) is 2.94. The fraction of sp³-hybridized carbons (Fsp3) is 0.308. The second-order valence-electron chi connectivity index (χ2n) is 4.29. The van der Waals surface area contributed by atoms with E-state index < -0.39 is 4.92 Å². The van der Waals surface area contributed by atoms with Gasteiger partial charge in [0.1, 0.15) is 0 Å². The number of methoxy groups -OCH3 is 1. The summed E-state index contributed by atoms with van der Waals surface area (Å²) in [6.07, 6.45) is 3.03. The van der Waals surface area contributed by atoms with Crippen molar-refractivity contribution >= 4 is 22.1 Å². The molecule has 0 saturated heterocycles. The highest BCUT2D eigenvalue weighted by Crippen LogP contribution is 2.30. The lowest BCUT2D eigenvalue weighted by atomic mass is 10.1. The van der Waals surface area contributed by atoms with Crippen LogP contribution in [-0.2, 0) is 4.74 Å². The Balaban J connectivity index is 2.45. The first kappa shape index (κ1) is 14.2. The van der Waals surface area contributed by atoms with E-state index in [-0.39, 0.29) is 18.3 Å². The summed E-state index contributed by atoms with van der Waals surface area (Å²) >= 11 is 0. The molecular weight excluding hydrogens is 262 g/mol. The average molecular weight is 277 g/mol. The number of fused-ring (bicyclic) bond motifs is 1. The van der Waals surface area contributed by atoms with Crippen molar-refractivity contribution in [2.24, 2.45) is 0 Å². The van der Waals surface area contributed by atoms with E-state index in [1.165, 1.54) is 12.3 Å². The van der Waals surface area contributed by atoms with E-state index in [1.807, 2.05) is 0 Å². The topological polar surface area (TPSA) is 97.5 Å². The van der Waals surface area contributed by atoms with E-state index in [0.717, 1.165) is 0 Å². The van der Waals surface area contributed by atoms with Crippen molar-refractivity contribution in [1.29, 1.82) is 0 Å². The van der Waals surface area contributed by atoms with E-state index in [9.17, 15) is 15.2 Å². The van der Waals surface area contributed by atoms with E-state index >= 15 is 0 Å². The highest BCUT2D eigenvalue weighted by Gasteiger charge is 2.16. The first-order valence-electron chi connectivity index (χ1n) is 6.04. The summed E-state index contributed by atoms with van der Waals surface area (Å²) in [6.45, 7) is 0.234. The number of ether oxygens (including phenoxy) is 1. The molecule has 2 aromatic rings. The molecule has 0 bridgehead atoms. The standard InChI is InChI=1S/C13H15N3O4/c1-20-8-9(7-17)15-12-2-3-13(16(18)19)11-6-14-5-4-10(11)12/h2-6,9,15,17H,7-8H2,1H3. The predicted molar refractivity (Wildman–Crippen MR) is 74.8 cm³/mol. The van der Waals surface area contributed by atoms with Crippen molar-refractivity contribution < 1.29 is 14.8 Å². The van der Waals surface area contributed by atoms with Crippen LogP contribution in [0.5, 0.6) is 0 Å². The van der Waals surface area contributed by atoms with Gasteiger partial charge in [0.25, 0.3) is 5.69 Å². The van der Waals surface area contributed by atoms with Gasteiger partial charge < -0.3 is 15.2 Å². The minimum Gasteiger partial charge on any atom is -0.394 e. The molecule has 0 amide bonds. The number of hydrogen-bond donors (Lipinski definition) is 2. The molecule has 0 radical (unpaired) electrons. The van der Waals surface area contributed by atoms with Crippen LogP contribution in [0.25, 0.3) is 10.8 Å². The number of anilines is 1. The van der Waals surface area contributed by atoms with Crippen LogP contribution in [0.2, 0.25) is 0 Å². The average Bonchev–Trinajstić information content (AvgIpc) is 2.46. The van der Waals surface area contributed by atoms with Crippen LogP contribution in [0.4, 0.5) is 11.4 Å². The molecule has 0 spiro atoms. The molecule has 2 rings (SSSR count). The Morgan fingerprint density at radius 2 is 2.25 bits per heavy atom. The van der Waals surface area contributed by atoms with E-state index in [0.29, 0.717) is 23.1 Å². The summed E-state index contributed by atoms with van der Waals surface area (Å²) in [5.74, 6) is 0. The zero-order valence-corrected chi connectivity index (χ0v) is 10.9. The number of nitrogens with zero attached hydrogens (tertiary/aromatic N) is 2. The van der Waals surface area contributed by atoms with Gasteiger partial charge in [-0.3, -0.25) is 15.1 Å². The van der Waals surface area contributed by atoms with Crippen molar-refractivity contribution in [2.45, 2.75) is 6.04 Å². The van der Waals surface area contributed by atoms with Crippen LogP contribution in [0.1, 0.15) is 0 Å². The van der Waals surface area contributed by atoms with Crippen LogP contribution >= 0.6 is 0 Å². The molecule has 0 saturated carbocycles. The maximum atomic E-state index is 11.0. The third kappa shape index (κ3) is 2.84. The predicted octanol–water partition coefficient (Wildman–Crippen LogP) is 1.56. The molecule has 0 aliphatic rings. The van der Waals surface area contributed by atoms with Crippen LogP contribution in [-0.4, -0.2) is 41.4 Å². The zero-order valence-electron chi connectivity index (χ0n) is 10.9. The van der Waals surface area contributed by atoms with Crippen molar-refractivity contribution in [3.8, 4) is 0 Å². The van der Waals surface area contributed by atoms with E-state index in [4.69, 9.17) is 4.74 Å². The Morgan fingerprint density at radius 1 is 1.45 bits per heavy atom. The number of hydrogen-bond acceptors (Lipinski definition) is 6. The molecule has 106 valence electrons. The zero-order chi connectivity index (χ0) is 14.5. The van der Waals surface area contributed by atoms with Crippen molar-refractivity contribution in [1.82, 2.24) is 4.98 Å². The van der Waals surface area contributed by atoms with Crippen LogP contribution in [0.3, 0.4) is 0 Å². The molecule has 1 heterocycles. The number of rotatable bonds is 6. The summed E-state index contributed by atoms with van der Waals surface area (Å²) < 4.78 is 5.00. The third-order valence-electron chi connectivity index (χ3n) is 2.94. The minimum absolute atomic E-state index is 0.00550. The monoisotopic (exact) mass is 277 g/mol. The first-order chi connectivity index (χ1) is 9.67. The molecule has 20 heavy (non-hydrogen) atoms. The number of nitro benzene ring substituents is 1. The molecule has 0 aliphatic heterocycles. The molecular formula is C13H15N3O4. The van der Waals surface area contributed by atoms with Gasteiger partial charge in [-0.2, -0.15) is 0 Å². The molecule has 1 aromatic carbocycles. The first-order valence-corrected chi connectivity index (χ1v) is 6.04. The molecule has 7 nitrogen and oxygen atoms in total. The number of benzene rings is 1. The number of aliphatic hydroxyl groups excluding tert-OH is 1. The second-order valence-corrected chi connectivity index (χ2v) is 4.29. The Labute approximate surface area is 115 Å². The highest BCUT2D eigenvalue weighted by atomic mass is 16.6. The van der Waals surface area contributed by atoms with Crippen molar-refractivity contribution in [3.63, 3.8) is 0 Å². The maximum Gasteiger partial charge on any atom is 0.278 e. The van der Waals surface area contributed by atoms with Crippen molar-refractivity contribution in [2.75, 3.05) is 25.6 Å². The fourth-order valence-corrected chi connectivity index (χ4v) is 2.02. The lowest BCUT2D eigenvalue weighted by Gasteiger charge is -2.18. The molecule has 0 fully saturated rings. The molecule has 7 heteroatoms. The van der Waals surface area contributed by atoms with Gasteiger partial charge in [0.15, 0.2) is 0 Å². The Bertz CT molecular complexity index is 618. The molecule has 2 N–H and O–H groups in total. The number of aliphatic hydroxyl groups is 1. The summed E-state index contributed by atoms with van der Waals surface area (Å²) in [4.78, 5) is 14.5. The number of nitrogens with one attached hydrogen (secondary N) is 1. The number of aromatic nitrogens is 1. The van der Waals surface area contributed by atoms with Gasteiger partial charge >= 0.3 is 0 Å². The van der Waals surface area contributed by atoms with Crippen LogP contribution in [0.15, 0.2) is 30.6 Å². The largest absolute Gasteiger partial charge is 0.394 e. The van der Waals surface area contributed by atoms with Gasteiger partial charge in [-0.25, -0.2) is 0 Å². The number of pyridine rings is 1. The smallest absolute Gasteiger partial charge is 0.278 e. The molecule has 0 aliphatic carbocycles. The summed E-state index contributed by atoms with van der Waals surface area (Å²) in [5, 5.41) is 24.5. The highest BCUT2D eigenvalue weighted by molar-refractivity contribution is 5.99. The van der Waals surface area contributed by atoms with Crippen LogP contribution < -0.4 is 5.32 Å². The lowest BCUT2D eigenvalue weighted by Crippen LogP contribution is -2.28. The van der Waals surface area contributed by atoms with E-state index in [1.54, 1.807) is 25.4 Å². The lowest BCUT2D eigenvalue weighted by molar-refractivity contribution is -0.383. The van der Waals surface area contributed by atoms with Gasteiger partial charge in [-0.1, -0.05) is 0 Å². The molecule has 1 aromatic heterocycles. The maximum absolute atomic E-state index is 11.0. The van der Waals surface area contributed by atoms with Gasteiger partial charge in [0, 0.05) is 36.6 Å². The Morgan fingerprint density at radius 3 is 2.90 bits per heavy atom. The quantitative estimate of drug-likeness (QED) is 0.614. The summed E-state index contributed by atoms with van der Waals surface area (Å²) in [5.41, 5.74) is 0.704. The van der Waals surface area contributed by atoms with Crippen LogP contribution in [0, 0.1) is 10.1 Å². The Kier molecular flexibility index (Phi) is 4.44. The van der Waals surface area contributed by atoms with Gasteiger partial charge in [-0.05, 0) is 12.1 Å². The fourth-order valence-electron chi connectivity index (χ4n) is 2.02. The minimum atomic E-state index is -0.438. The molecule has 1 unspecified atom stereocenters. The normalized spacial score (nSPS) is 12.3. The van der Waals surface area contributed by atoms with Crippen molar-refractivity contribution in [3.05, 3.63) is 40.7 Å². The van der Waals surface area contributed by atoms with Gasteiger partial charge in [-0.15, -0.1) is 0 Å². The van der Waals surface area contributed by atoms with Gasteiger partial charge in [0.05, 0.1) is 29.6 Å². The second kappa shape index (κ2) is 6.27. The number of nitro groups is 1. The summed E-state index contributed by atoms with van der Waals surface area (Å²) in [7, 11) is 1.54. The number of non-ortho nitro benzene ring substituents is 1. The van der Waals surface area contributed by atoms with Gasteiger partial charge in [0.2, 0.25) is 0 Å². The molecule has 1 atom stereocenters. The SMILES string of the molecule is COCC(CO)Nc1ccc([N+](=O)[O-])c2cnccc12. The Hall–Kier alpha value is -2.25. The summed E-state index contributed by atoms with van der Waals surface area (Å²) in [6, 6.07) is 4.47. The van der Waals surface area contributed by atoms with E-state index in [2.05, 4.69) is 10.3 Å².